The highest BCUT2D eigenvalue weighted by Crippen LogP contribution is 2.22. The summed E-state index contributed by atoms with van der Waals surface area (Å²) in [6.07, 6.45) is 2.33. The summed E-state index contributed by atoms with van der Waals surface area (Å²) in [6.45, 7) is 1.75. The third-order valence-electron chi connectivity index (χ3n) is 5.06. The van der Waals surface area contributed by atoms with Gasteiger partial charge in [0.2, 0.25) is 11.8 Å². The molecule has 4 rings (SSSR count). The van der Waals surface area contributed by atoms with E-state index in [4.69, 9.17) is 4.74 Å². The van der Waals surface area contributed by atoms with E-state index in [-0.39, 0.29) is 24.1 Å². The molecule has 0 aliphatic rings. The Morgan fingerprint density at radius 2 is 2.00 bits per heavy atom. The number of nitrogens with one attached hydrogen (secondary N) is 1. The van der Waals surface area contributed by atoms with E-state index < -0.39 is 0 Å². The third-order valence-corrected chi connectivity index (χ3v) is 5.79. The lowest BCUT2D eigenvalue weighted by Crippen LogP contribution is -2.37. The van der Waals surface area contributed by atoms with Crippen molar-refractivity contribution in [2.45, 2.75) is 25.9 Å². The van der Waals surface area contributed by atoms with Gasteiger partial charge in [0.15, 0.2) is 0 Å². The normalized spacial score (nSPS) is 11.9. The zero-order valence-corrected chi connectivity index (χ0v) is 18.1. The Bertz CT molecular complexity index is 1270. The number of carbonyl (C=O) groups is 1. The van der Waals surface area contributed by atoms with Crippen LogP contribution in [0.5, 0.6) is 5.88 Å². The molecule has 7 nitrogen and oxygen atoms in total. The molecule has 158 valence electrons. The van der Waals surface area contributed by atoms with Gasteiger partial charge in [0.25, 0.3) is 5.56 Å². The summed E-state index contributed by atoms with van der Waals surface area (Å²) in [5.74, 6) is -0.0180. The van der Waals surface area contributed by atoms with E-state index >= 15 is 0 Å². The highest BCUT2D eigenvalue weighted by Gasteiger charge is 2.20. The Balaban J connectivity index is 1.62. The number of benzene rings is 1. The Morgan fingerprint density at radius 1 is 1.19 bits per heavy atom. The van der Waals surface area contributed by atoms with Crippen molar-refractivity contribution in [2.75, 3.05) is 7.11 Å². The first-order chi connectivity index (χ1) is 15.1. The van der Waals surface area contributed by atoms with E-state index in [1.807, 2.05) is 36.6 Å². The second-order valence-corrected chi connectivity index (χ2v) is 7.96. The van der Waals surface area contributed by atoms with Gasteiger partial charge in [0.1, 0.15) is 6.54 Å². The molecule has 1 amide bonds. The first-order valence-corrected chi connectivity index (χ1v) is 10.8. The van der Waals surface area contributed by atoms with Crippen LogP contribution in [-0.2, 0) is 17.8 Å². The molecule has 3 aromatic heterocycles. The number of ether oxygens (including phenoxy) is 1. The lowest BCUT2D eigenvalue weighted by Gasteiger charge is -2.20. The predicted molar refractivity (Wildman–Crippen MR) is 120 cm³/mol. The molecule has 8 heteroatoms. The van der Waals surface area contributed by atoms with Crippen molar-refractivity contribution in [1.29, 1.82) is 0 Å². The van der Waals surface area contributed by atoms with Gasteiger partial charge >= 0.3 is 0 Å². The minimum atomic E-state index is -0.338. The van der Waals surface area contributed by atoms with Crippen LogP contribution in [0.25, 0.3) is 10.8 Å². The largest absolute Gasteiger partial charge is 0.480 e. The summed E-state index contributed by atoms with van der Waals surface area (Å²) in [5.41, 5.74) is 2.57. The number of amides is 1. The molecular weight excluding hydrogens is 412 g/mol. The molecule has 0 saturated heterocycles. The topological polar surface area (TPSA) is 86.1 Å². The van der Waals surface area contributed by atoms with Gasteiger partial charge in [-0.05, 0) is 59.5 Å². The standard InChI is InChI=1S/C23H22N4O3S/c1-15-6-5-10-24-21(15)19(12-16-9-11-31-14-16)25-20(28)13-27-23(29)18-8-4-3-7-17(18)22(26-27)30-2/h3-11,14,19H,12-13H2,1-2H3,(H,25,28). The molecule has 1 unspecified atom stereocenters. The lowest BCUT2D eigenvalue weighted by molar-refractivity contribution is -0.122. The summed E-state index contributed by atoms with van der Waals surface area (Å²) in [6, 6.07) is 12.6. The molecule has 1 N–H and O–H groups in total. The van der Waals surface area contributed by atoms with Crippen LogP contribution in [0.1, 0.15) is 22.9 Å². The Labute approximate surface area is 183 Å². The molecule has 0 spiro atoms. The number of rotatable bonds is 7. The van der Waals surface area contributed by atoms with Crippen molar-refractivity contribution in [3.8, 4) is 5.88 Å². The monoisotopic (exact) mass is 434 g/mol. The number of hydrogen-bond acceptors (Lipinski definition) is 6. The second kappa shape index (κ2) is 9.09. The van der Waals surface area contributed by atoms with Crippen molar-refractivity contribution < 1.29 is 9.53 Å². The van der Waals surface area contributed by atoms with Gasteiger partial charge in [0, 0.05) is 6.20 Å². The number of nitrogens with zero attached hydrogens (tertiary/aromatic N) is 3. The van der Waals surface area contributed by atoms with Crippen LogP contribution in [0, 0.1) is 6.92 Å². The van der Waals surface area contributed by atoms with Crippen molar-refractivity contribution in [3.05, 3.63) is 86.6 Å². The molecular formula is C23H22N4O3S. The average molecular weight is 435 g/mol. The minimum absolute atomic E-state index is 0.216. The molecule has 0 aliphatic heterocycles. The van der Waals surface area contributed by atoms with E-state index in [1.165, 1.54) is 7.11 Å². The number of methoxy groups -OCH3 is 1. The first-order valence-electron chi connectivity index (χ1n) is 9.82. The van der Waals surface area contributed by atoms with Crippen LogP contribution in [0.2, 0.25) is 0 Å². The molecule has 1 aromatic carbocycles. The van der Waals surface area contributed by atoms with Crippen molar-refractivity contribution in [2.24, 2.45) is 0 Å². The van der Waals surface area contributed by atoms with Gasteiger partial charge in [-0.3, -0.25) is 14.6 Å². The van der Waals surface area contributed by atoms with E-state index in [9.17, 15) is 9.59 Å². The first kappa shape index (κ1) is 20.7. The number of aryl methyl sites for hydroxylation is 1. The number of aromatic nitrogens is 3. The minimum Gasteiger partial charge on any atom is -0.480 e. The Morgan fingerprint density at radius 3 is 2.71 bits per heavy atom. The quantitative estimate of drug-likeness (QED) is 0.482. The summed E-state index contributed by atoms with van der Waals surface area (Å²) >= 11 is 1.61. The SMILES string of the molecule is COc1nn(CC(=O)NC(Cc2ccsc2)c2ncccc2C)c(=O)c2ccccc12. The number of hydrogen-bond donors (Lipinski definition) is 1. The summed E-state index contributed by atoms with van der Waals surface area (Å²) in [5, 5.41) is 12.4. The van der Waals surface area contributed by atoms with E-state index in [0.717, 1.165) is 21.5 Å². The van der Waals surface area contributed by atoms with Crippen LogP contribution >= 0.6 is 11.3 Å². The molecule has 4 aromatic rings. The summed E-state index contributed by atoms with van der Waals surface area (Å²) < 4.78 is 6.47. The zero-order valence-electron chi connectivity index (χ0n) is 17.2. The van der Waals surface area contributed by atoms with Crippen LogP contribution in [0.3, 0.4) is 0 Å². The molecule has 0 saturated carbocycles. The fraction of sp³-hybridized carbons (Fsp3) is 0.217. The summed E-state index contributed by atoms with van der Waals surface area (Å²) in [7, 11) is 1.49. The van der Waals surface area contributed by atoms with Crippen LogP contribution in [0.15, 0.2) is 64.2 Å². The molecule has 0 fully saturated rings. The van der Waals surface area contributed by atoms with E-state index in [1.54, 1.807) is 35.7 Å². The Kier molecular flexibility index (Phi) is 6.08. The maximum Gasteiger partial charge on any atom is 0.275 e. The van der Waals surface area contributed by atoms with Gasteiger partial charge in [-0.2, -0.15) is 11.3 Å². The Hall–Kier alpha value is -3.52. The average Bonchev–Trinajstić information content (AvgIpc) is 3.29. The highest BCUT2D eigenvalue weighted by atomic mass is 32.1. The fourth-order valence-corrected chi connectivity index (χ4v) is 4.24. The van der Waals surface area contributed by atoms with Gasteiger partial charge in [-0.25, -0.2) is 4.68 Å². The van der Waals surface area contributed by atoms with Gasteiger partial charge in [-0.15, -0.1) is 5.10 Å². The maximum atomic E-state index is 12.9. The number of pyridine rings is 1. The van der Waals surface area contributed by atoms with Crippen molar-refractivity contribution in [1.82, 2.24) is 20.1 Å². The molecule has 31 heavy (non-hydrogen) atoms. The molecule has 1 atom stereocenters. The van der Waals surface area contributed by atoms with Crippen LogP contribution < -0.4 is 15.6 Å². The molecule has 0 aliphatic carbocycles. The van der Waals surface area contributed by atoms with E-state index in [2.05, 4.69) is 20.8 Å². The maximum absolute atomic E-state index is 12.9. The smallest absolute Gasteiger partial charge is 0.275 e. The van der Waals surface area contributed by atoms with Crippen molar-refractivity contribution in [3.63, 3.8) is 0 Å². The third kappa shape index (κ3) is 4.49. The number of fused-ring (bicyclic) bond motifs is 1. The van der Waals surface area contributed by atoms with Gasteiger partial charge < -0.3 is 10.1 Å². The highest BCUT2D eigenvalue weighted by molar-refractivity contribution is 7.07. The van der Waals surface area contributed by atoms with Gasteiger partial charge in [0.05, 0.1) is 29.6 Å². The molecule has 0 bridgehead atoms. The van der Waals surface area contributed by atoms with Gasteiger partial charge in [-0.1, -0.05) is 18.2 Å². The predicted octanol–water partition coefficient (Wildman–Crippen LogP) is 3.27. The van der Waals surface area contributed by atoms with Crippen LogP contribution in [0.4, 0.5) is 0 Å². The number of thiophene rings is 1. The van der Waals surface area contributed by atoms with Crippen LogP contribution in [-0.4, -0.2) is 27.8 Å². The number of carbonyl (C=O) groups excluding carboxylic acids is 1. The fourth-order valence-electron chi connectivity index (χ4n) is 3.56. The summed E-state index contributed by atoms with van der Waals surface area (Å²) in [4.78, 5) is 30.3. The van der Waals surface area contributed by atoms with E-state index in [0.29, 0.717) is 23.1 Å². The second-order valence-electron chi connectivity index (χ2n) is 7.18. The zero-order chi connectivity index (χ0) is 21.8. The lowest BCUT2D eigenvalue weighted by atomic mass is 10.0. The molecule has 3 heterocycles. The molecule has 0 radical (unpaired) electrons. The van der Waals surface area contributed by atoms with Crippen molar-refractivity contribution >= 4 is 28.0 Å².